The standard InChI is InChI=1S/C16H28N2/c1-7-18(8-2)16(5,6)15(17)14-10-9-12(3)13(4)11-14/h9-11,15H,7-8,17H2,1-6H3. The minimum absolute atomic E-state index is 0.0226. The molecule has 102 valence electrons. The third-order valence-corrected chi connectivity index (χ3v) is 4.23. The van der Waals surface area contributed by atoms with E-state index in [0.717, 1.165) is 13.1 Å². The van der Waals surface area contributed by atoms with Gasteiger partial charge in [0.1, 0.15) is 0 Å². The summed E-state index contributed by atoms with van der Waals surface area (Å²) in [7, 11) is 0. The van der Waals surface area contributed by atoms with E-state index >= 15 is 0 Å². The summed E-state index contributed by atoms with van der Waals surface area (Å²) in [6.07, 6.45) is 0. The molecule has 18 heavy (non-hydrogen) atoms. The van der Waals surface area contributed by atoms with Crippen LogP contribution in [0.25, 0.3) is 0 Å². The summed E-state index contributed by atoms with van der Waals surface area (Å²) in [5.74, 6) is 0. The van der Waals surface area contributed by atoms with Gasteiger partial charge < -0.3 is 5.73 Å². The normalized spacial score (nSPS) is 14.0. The van der Waals surface area contributed by atoms with E-state index in [1.54, 1.807) is 0 Å². The fourth-order valence-corrected chi connectivity index (χ4v) is 2.60. The Morgan fingerprint density at radius 3 is 2.11 bits per heavy atom. The van der Waals surface area contributed by atoms with Crippen LogP contribution in [0.15, 0.2) is 18.2 Å². The number of aryl methyl sites for hydroxylation is 2. The average Bonchev–Trinajstić information content (AvgIpc) is 2.33. The molecule has 1 aromatic carbocycles. The van der Waals surface area contributed by atoms with Gasteiger partial charge in [-0.05, 0) is 57.5 Å². The van der Waals surface area contributed by atoms with E-state index in [2.05, 4.69) is 64.6 Å². The van der Waals surface area contributed by atoms with Gasteiger partial charge in [0.05, 0.1) is 0 Å². The smallest absolute Gasteiger partial charge is 0.0476 e. The number of rotatable bonds is 5. The van der Waals surface area contributed by atoms with Crippen molar-refractivity contribution >= 4 is 0 Å². The van der Waals surface area contributed by atoms with Crippen LogP contribution in [-0.4, -0.2) is 23.5 Å². The molecule has 0 fully saturated rings. The second-order valence-electron chi connectivity index (χ2n) is 5.65. The molecule has 0 amide bonds. The van der Waals surface area contributed by atoms with Crippen LogP contribution >= 0.6 is 0 Å². The molecule has 2 N–H and O–H groups in total. The van der Waals surface area contributed by atoms with E-state index in [-0.39, 0.29) is 11.6 Å². The maximum atomic E-state index is 6.50. The Morgan fingerprint density at radius 1 is 1.11 bits per heavy atom. The fourth-order valence-electron chi connectivity index (χ4n) is 2.60. The minimum atomic E-state index is -0.0226. The van der Waals surface area contributed by atoms with Crippen LogP contribution in [-0.2, 0) is 0 Å². The van der Waals surface area contributed by atoms with Crippen molar-refractivity contribution in [1.29, 1.82) is 0 Å². The predicted molar refractivity (Wildman–Crippen MR) is 79.8 cm³/mol. The number of hydrogen-bond donors (Lipinski definition) is 1. The quantitative estimate of drug-likeness (QED) is 0.865. The highest BCUT2D eigenvalue weighted by atomic mass is 15.2. The first kappa shape index (κ1) is 15.2. The minimum Gasteiger partial charge on any atom is -0.322 e. The Balaban J connectivity index is 3.04. The zero-order valence-corrected chi connectivity index (χ0v) is 12.7. The number of hydrogen-bond acceptors (Lipinski definition) is 2. The van der Waals surface area contributed by atoms with Gasteiger partial charge in [-0.25, -0.2) is 0 Å². The van der Waals surface area contributed by atoms with E-state index < -0.39 is 0 Å². The van der Waals surface area contributed by atoms with Crippen LogP contribution in [0.1, 0.15) is 50.4 Å². The Kier molecular flexibility index (Phi) is 4.94. The van der Waals surface area contributed by atoms with Crippen molar-refractivity contribution in [1.82, 2.24) is 4.90 Å². The topological polar surface area (TPSA) is 29.3 Å². The van der Waals surface area contributed by atoms with Gasteiger partial charge >= 0.3 is 0 Å². The molecule has 2 heteroatoms. The summed E-state index contributed by atoms with van der Waals surface area (Å²) in [4.78, 5) is 2.42. The third-order valence-electron chi connectivity index (χ3n) is 4.23. The Labute approximate surface area is 112 Å². The molecule has 0 spiro atoms. The Morgan fingerprint density at radius 2 is 1.67 bits per heavy atom. The van der Waals surface area contributed by atoms with Crippen LogP contribution in [0.5, 0.6) is 0 Å². The van der Waals surface area contributed by atoms with Crippen molar-refractivity contribution in [2.24, 2.45) is 5.73 Å². The predicted octanol–water partition coefficient (Wildman–Crippen LogP) is 3.42. The molecule has 0 aliphatic rings. The van der Waals surface area contributed by atoms with Gasteiger partial charge in [-0.15, -0.1) is 0 Å². The second-order valence-corrected chi connectivity index (χ2v) is 5.65. The molecule has 0 aliphatic heterocycles. The van der Waals surface area contributed by atoms with E-state index in [9.17, 15) is 0 Å². The largest absolute Gasteiger partial charge is 0.322 e. The SMILES string of the molecule is CCN(CC)C(C)(C)C(N)c1ccc(C)c(C)c1. The molecule has 0 radical (unpaired) electrons. The van der Waals surface area contributed by atoms with E-state index in [1.807, 2.05) is 0 Å². The van der Waals surface area contributed by atoms with Gasteiger partial charge in [-0.3, -0.25) is 4.90 Å². The molecule has 0 saturated heterocycles. The van der Waals surface area contributed by atoms with Crippen LogP contribution in [0.2, 0.25) is 0 Å². The van der Waals surface area contributed by atoms with Crippen LogP contribution in [0.4, 0.5) is 0 Å². The fraction of sp³-hybridized carbons (Fsp3) is 0.625. The summed E-state index contributed by atoms with van der Waals surface area (Å²) in [5, 5.41) is 0. The van der Waals surface area contributed by atoms with E-state index in [4.69, 9.17) is 5.73 Å². The summed E-state index contributed by atoms with van der Waals surface area (Å²) < 4.78 is 0. The zero-order chi connectivity index (χ0) is 13.9. The molecular weight excluding hydrogens is 220 g/mol. The van der Waals surface area contributed by atoms with Gasteiger partial charge in [0.15, 0.2) is 0 Å². The molecule has 1 unspecified atom stereocenters. The number of benzene rings is 1. The summed E-state index contributed by atoms with van der Waals surface area (Å²) >= 11 is 0. The summed E-state index contributed by atoms with van der Waals surface area (Å²) in [6.45, 7) is 15.2. The average molecular weight is 248 g/mol. The van der Waals surface area contributed by atoms with Crippen molar-refractivity contribution in [3.05, 3.63) is 34.9 Å². The summed E-state index contributed by atoms with van der Waals surface area (Å²) in [5.41, 5.74) is 10.4. The number of nitrogens with two attached hydrogens (primary N) is 1. The third kappa shape index (κ3) is 2.93. The van der Waals surface area contributed by atoms with E-state index in [1.165, 1.54) is 16.7 Å². The first-order valence-corrected chi connectivity index (χ1v) is 6.92. The van der Waals surface area contributed by atoms with Crippen molar-refractivity contribution < 1.29 is 0 Å². The maximum Gasteiger partial charge on any atom is 0.0476 e. The highest BCUT2D eigenvalue weighted by Gasteiger charge is 2.32. The van der Waals surface area contributed by atoms with Crippen molar-refractivity contribution in [3.63, 3.8) is 0 Å². The lowest BCUT2D eigenvalue weighted by Crippen LogP contribution is -2.51. The monoisotopic (exact) mass is 248 g/mol. The van der Waals surface area contributed by atoms with Crippen molar-refractivity contribution in [2.75, 3.05) is 13.1 Å². The molecule has 1 atom stereocenters. The maximum absolute atomic E-state index is 6.50. The number of nitrogens with zero attached hydrogens (tertiary/aromatic N) is 1. The van der Waals surface area contributed by atoms with Crippen LogP contribution in [0, 0.1) is 13.8 Å². The molecule has 1 aromatic rings. The molecule has 0 saturated carbocycles. The molecule has 0 bridgehead atoms. The molecule has 0 aromatic heterocycles. The molecular formula is C16H28N2. The molecule has 0 aliphatic carbocycles. The first-order valence-electron chi connectivity index (χ1n) is 6.92. The molecule has 1 rings (SSSR count). The number of likely N-dealkylation sites (N-methyl/N-ethyl adjacent to an activating group) is 1. The van der Waals surface area contributed by atoms with E-state index in [0.29, 0.717) is 0 Å². The van der Waals surface area contributed by atoms with Gasteiger partial charge in [-0.2, -0.15) is 0 Å². The first-order chi connectivity index (χ1) is 8.34. The van der Waals surface area contributed by atoms with Gasteiger partial charge in [0.25, 0.3) is 0 Å². The lowest BCUT2D eigenvalue weighted by molar-refractivity contribution is 0.107. The van der Waals surface area contributed by atoms with Gasteiger partial charge in [-0.1, -0.05) is 32.0 Å². The lowest BCUT2D eigenvalue weighted by Gasteiger charge is -2.42. The van der Waals surface area contributed by atoms with Crippen molar-refractivity contribution in [3.8, 4) is 0 Å². The Hall–Kier alpha value is -0.860. The lowest BCUT2D eigenvalue weighted by atomic mass is 9.86. The zero-order valence-electron chi connectivity index (χ0n) is 12.7. The molecule has 2 nitrogen and oxygen atoms in total. The molecule has 0 heterocycles. The summed E-state index contributed by atoms with van der Waals surface area (Å²) in [6, 6.07) is 6.60. The van der Waals surface area contributed by atoms with Crippen LogP contribution in [0.3, 0.4) is 0 Å². The van der Waals surface area contributed by atoms with Crippen molar-refractivity contribution in [2.45, 2.75) is 53.1 Å². The highest BCUT2D eigenvalue weighted by Crippen LogP contribution is 2.29. The Bertz CT molecular complexity index is 392. The van der Waals surface area contributed by atoms with Gasteiger partial charge in [0.2, 0.25) is 0 Å². The highest BCUT2D eigenvalue weighted by molar-refractivity contribution is 5.33. The second kappa shape index (κ2) is 5.85. The van der Waals surface area contributed by atoms with Gasteiger partial charge in [0, 0.05) is 11.6 Å². The van der Waals surface area contributed by atoms with Crippen LogP contribution < -0.4 is 5.73 Å².